The summed E-state index contributed by atoms with van der Waals surface area (Å²) in [4.78, 5) is 15.2. The molecule has 0 N–H and O–H groups in total. The molecule has 0 saturated heterocycles. The predicted octanol–water partition coefficient (Wildman–Crippen LogP) is 5.46. The zero-order valence-corrected chi connectivity index (χ0v) is 18.9. The molecule has 0 radical (unpaired) electrons. The summed E-state index contributed by atoms with van der Waals surface area (Å²) in [6, 6.07) is 13.0. The molecule has 1 heterocycles. The van der Waals surface area contributed by atoms with Crippen LogP contribution in [-0.4, -0.2) is 25.0 Å². The molecular weight excluding hydrogens is 370 g/mol. The zero-order valence-electron chi connectivity index (χ0n) is 18.9. The highest BCUT2D eigenvalue weighted by atomic mass is 16.5. The molecule has 3 atom stereocenters. The molecule has 0 fully saturated rings. The first-order valence-corrected chi connectivity index (χ1v) is 11.1. The Morgan fingerprint density at radius 2 is 1.83 bits per heavy atom. The van der Waals surface area contributed by atoms with Crippen LogP contribution in [0.2, 0.25) is 0 Å². The van der Waals surface area contributed by atoms with Gasteiger partial charge in [0.25, 0.3) is 5.91 Å². The first kappa shape index (κ1) is 20.9. The van der Waals surface area contributed by atoms with Crippen LogP contribution < -0.4 is 0 Å². The van der Waals surface area contributed by atoms with Gasteiger partial charge in [-0.2, -0.15) is 0 Å². The van der Waals surface area contributed by atoms with Crippen LogP contribution in [0.4, 0.5) is 0 Å². The van der Waals surface area contributed by atoms with E-state index < -0.39 is 11.6 Å². The summed E-state index contributed by atoms with van der Waals surface area (Å²) in [5.41, 5.74) is 8.42. The second-order valence-electron chi connectivity index (χ2n) is 8.85. The molecule has 2 aromatic rings. The average molecular weight is 404 g/mol. The van der Waals surface area contributed by atoms with Gasteiger partial charge in [0, 0.05) is 20.1 Å². The number of hydrogen-bond donors (Lipinski definition) is 0. The summed E-state index contributed by atoms with van der Waals surface area (Å²) in [6.45, 7) is 11.2. The zero-order chi connectivity index (χ0) is 21.6. The van der Waals surface area contributed by atoms with E-state index in [0.29, 0.717) is 0 Å². The first-order chi connectivity index (χ1) is 14.4. The lowest BCUT2D eigenvalue weighted by atomic mass is 9.64. The van der Waals surface area contributed by atoms with Gasteiger partial charge in [-0.15, -0.1) is 0 Å². The number of aryl methyl sites for hydroxylation is 3. The van der Waals surface area contributed by atoms with E-state index in [0.717, 1.165) is 36.8 Å². The van der Waals surface area contributed by atoms with E-state index in [1.165, 1.54) is 27.8 Å². The number of carbonyl (C=O) groups excluding carboxylic acids is 1. The molecule has 1 amide bonds. The van der Waals surface area contributed by atoms with Gasteiger partial charge < -0.3 is 9.64 Å². The molecule has 0 spiro atoms. The standard InChI is InChI=1S/C27H33NO2/c1-7-18-15-20-13-14-23(17(3)22(20)16-19(18)8-2)27(4)24-12-10-9-11-21(24)25(30-6)26(29)28(27)5/h9-12,15-16,23,25H,3,7-8,13-14H2,1-2,4-6H3/t23?,25-,27?/m1/s1. The van der Waals surface area contributed by atoms with Crippen LogP contribution in [0.3, 0.4) is 0 Å². The third-order valence-electron chi connectivity index (χ3n) is 7.61. The fourth-order valence-corrected chi connectivity index (χ4v) is 5.74. The Morgan fingerprint density at radius 3 is 2.50 bits per heavy atom. The molecule has 0 bridgehead atoms. The number of nitrogens with zero attached hydrogens (tertiary/aromatic N) is 1. The number of methoxy groups -OCH3 is 1. The van der Waals surface area contributed by atoms with Crippen LogP contribution in [0.1, 0.15) is 66.7 Å². The van der Waals surface area contributed by atoms with Gasteiger partial charge in [0.1, 0.15) is 0 Å². The number of likely N-dealkylation sites (N-methyl/N-ethyl adjacent to an activating group) is 1. The van der Waals surface area contributed by atoms with Crippen molar-refractivity contribution in [3.05, 3.63) is 76.4 Å². The Morgan fingerprint density at radius 1 is 1.17 bits per heavy atom. The van der Waals surface area contributed by atoms with Gasteiger partial charge in [-0.05, 0) is 71.6 Å². The number of benzene rings is 2. The molecule has 0 saturated carbocycles. The van der Waals surface area contributed by atoms with E-state index in [9.17, 15) is 4.79 Å². The first-order valence-electron chi connectivity index (χ1n) is 11.1. The second-order valence-corrected chi connectivity index (χ2v) is 8.85. The normalized spacial score (nSPS) is 25.8. The minimum atomic E-state index is -0.540. The minimum absolute atomic E-state index is 0.0212. The van der Waals surface area contributed by atoms with Gasteiger partial charge in [0.05, 0.1) is 5.54 Å². The van der Waals surface area contributed by atoms with Gasteiger partial charge in [-0.25, -0.2) is 0 Å². The Kier molecular flexibility index (Phi) is 5.36. The van der Waals surface area contributed by atoms with Crippen molar-refractivity contribution in [3.8, 4) is 0 Å². The van der Waals surface area contributed by atoms with Crippen LogP contribution in [0.5, 0.6) is 0 Å². The second kappa shape index (κ2) is 7.70. The number of hydrogen-bond acceptors (Lipinski definition) is 2. The van der Waals surface area contributed by atoms with Crippen molar-refractivity contribution in [2.45, 2.75) is 58.1 Å². The van der Waals surface area contributed by atoms with Gasteiger partial charge >= 0.3 is 0 Å². The average Bonchev–Trinajstić information content (AvgIpc) is 2.77. The van der Waals surface area contributed by atoms with Crippen LogP contribution in [0, 0.1) is 5.92 Å². The van der Waals surface area contributed by atoms with E-state index >= 15 is 0 Å². The van der Waals surface area contributed by atoms with Crippen LogP contribution >= 0.6 is 0 Å². The molecule has 2 aromatic carbocycles. The molecule has 0 aromatic heterocycles. The number of rotatable bonds is 4. The van der Waals surface area contributed by atoms with E-state index in [1.54, 1.807) is 7.11 Å². The van der Waals surface area contributed by atoms with Crippen molar-refractivity contribution in [2.75, 3.05) is 14.2 Å². The molecule has 1 aliphatic carbocycles. The summed E-state index contributed by atoms with van der Waals surface area (Å²) in [7, 11) is 3.54. The van der Waals surface area contributed by atoms with E-state index in [2.05, 4.69) is 51.6 Å². The van der Waals surface area contributed by atoms with Crippen LogP contribution in [0.15, 0.2) is 43.0 Å². The van der Waals surface area contributed by atoms with Crippen molar-refractivity contribution >= 4 is 11.5 Å². The molecule has 3 nitrogen and oxygen atoms in total. The molecule has 4 rings (SSSR count). The highest BCUT2D eigenvalue weighted by Gasteiger charge is 2.51. The quantitative estimate of drug-likeness (QED) is 0.678. The Labute approximate surface area is 180 Å². The summed E-state index contributed by atoms with van der Waals surface area (Å²) >= 11 is 0. The molecule has 2 unspecified atom stereocenters. The fraction of sp³-hybridized carbons (Fsp3) is 0.444. The van der Waals surface area contributed by atoms with Crippen LogP contribution in [0.25, 0.3) is 5.57 Å². The van der Waals surface area contributed by atoms with Gasteiger partial charge in [-0.3, -0.25) is 4.79 Å². The number of ether oxygens (including phenoxy) is 1. The fourth-order valence-electron chi connectivity index (χ4n) is 5.74. The summed E-state index contributed by atoms with van der Waals surface area (Å²) in [6.07, 6.45) is 3.56. The maximum atomic E-state index is 13.3. The van der Waals surface area contributed by atoms with Gasteiger partial charge in [0.2, 0.25) is 0 Å². The van der Waals surface area contributed by atoms with Crippen molar-refractivity contribution in [1.29, 1.82) is 0 Å². The smallest absolute Gasteiger partial charge is 0.256 e. The van der Waals surface area contributed by atoms with Crippen molar-refractivity contribution < 1.29 is 9.53 Å². The molecular formula is C27H33NO2. The van der Waals surface area contributed by atoms with Gasteiger partial charge in [-0.1, -0.05) is 56.8 Å². The van der Waals surface area contributed by atoms with Crippen molar-refractivity contribution in [2.24, 2.45) is 5.92 Å². The van der Waals surface area contributed by atoms with E-state index in [1.807, 2.05) is 24.1 Å². The number of amides is 1. The summed E-state index contributed by atoms with van der Waals surface area (Å²) < 4.78 is 5.61. The highest BCUT2D eigenvalue weighted by Crippen LogP contribution is 2.52. The van der Waals surface area contributed by atoms with Crippen LogP contribution in [-0.2, 0) is 34.3 Å². The number of fused-ring (bicyclic) bond motifs is 2. The van der Waals surface area contributed by atoms with Crippen molar-refractivity contribution in [1.82, 2.24) is 4.90 Å². The third kappa shape index (κ3) is 2.86. The molecule has 30 heavy (non-hydrogen) atoms. The maximum absolute atomic E-state index is 13.3. The molecule has 158 valence electrons. The maximum Gasteiger partial charge on any atom is 0.256 e. The third-order valence-corrected chi connectivity index (χ3v) is 7.61. The lowest BCUT2D eigenvalue weighted by molar-refractivity contribution is -0.151. The molecule has 3 heteroatoms. The van der Waals surface area contributed by atoms with Gasteiger partial charge in [0.15, 0.2) is 6.10 Å². The van der Waals surface area contributed by atoms with E-state index in [4.69, 9.17) is 4.74 Å². The topological polar surface area (TPSA) is 29.5 Å². The highest BCUT2D eigenvalue weighted by molar-refractivity contribution is 5.87. The lowest BCUT2D eigenvalue weighted by Gasteiger charge is -2.52. The largest absolute Gasteiger partial charge is 0.367 e. The van der Waals surface area contributed by atoms with Crippen molar-refractivity contribution in [3.63, 3.8) is 0 Å². The summed E-state index contributed by atoms with van der Waals surface area (Å²) in [5, 5.41) is 0. The predicted molar refractivity (Wildman–Crippen MR) is 122 cm³/mol. The number of carbonyl (C=O) groups is 1. The lowest BCUT2D eigenvalue weighted by Crippen LogP contribution is -2.56. The summed E-state index contributed by atoms with van der Waals surface area (Å²) in [5.74, 6) is 0.183. The Balaban J connectivity index is 1.84. The Bertz CT molecular complexity index is 1010. The van der Waals surface area contributed by atoms with E-state index in [-0.39, 0.29) is 11.8 Å². The Hall–Kier alpha value is -2.39. The molecule has 2 aliphatic rings. The SMILES string of the molecule is C=C1c2cc(CC)c(CC)cc2CCC1C1(C)c2ccccc2[C@@H](OC)C(=O)N1C. The molecule has 1 aliphatic heterocycles. The minimum Gasteiger partial charge on any atom is -0.367 e. The monoisotopic (exact) mass is 403 g/mol.